The summed E-state index contributed by atoms with van der Waals surface area (Å²) in [5.74, 6) is 1.28. The SMILES string of the molecule is CCOc1ccccc1CCNNC(=O)[C@@]1(C/C=C/c2ccccc2)N=C(c2ccc(OCCCO)cc2)O[C@H]1c1ccccc1N=[N+]=[N-]. The molecule has 0 bridgehead atoms. The molecule has 2 atom stereocenters. The van der Waals surface area contributed by atoms with Crippen molar-refractivity contribution >= 4 is 23.6 Å². The molecule has 1 aliphatic heterocycles. The molecule has 0 fully saturated rings. The van der Waals surface area contributed by atoms with E-state index in [0.717, 1.165) is 16.9 Å². The van der Waals surface area contributed by atoms with E-state index in [4.69, 9.17) is 24.3 Å². The van der Waals surface area contributed by atoms with E-state index in [-0.39, 0.29) is 18.9 Å². The molecule has 4 aromatic carbocycles. The molecule has 11 heteroatoms. The first-order valence-corrected chi connectivity index (χ1v) is 16.3. The van der Waals surface area contributed by atoms with E-state index in [1.807, 2.05) is 91.9 Å². The number of rotatable bonds is 17. The Morgan fingerprint density at radius 3 is 2.55 bits per heavy atom. The molecule has 1 aliphatic rings. The van der Waals surface area contributed by atoms with Crippen molar-refractivity contribution in [2.45, 2.75) is 37.8 Å². The summed E-state index contributed by atoms with van der Waals surface area (Å²) in [7, 11) is 0. The molecule has 3 N–H and O–H groups in total. The van der Waals surface area contributed by atoms with Gasteiger partial charge in [-0.2, -0.15) is 0 Å². The Balaban J connectivity index is 1.49. The normalized spacial score (nSPS) is 16.8. The van der Waals surface area contributed by atoms with Crippen molar-refractivity contribution in [3.8, 4) is 11.5 Å². The first-order valence-electron chi connectivity index (χ1n) is 16.3. The summed E-state index contributed by atoms with van der Waals surface area (Å²) in [4.78, 5) is 22.5. The van der Waals surface area contributed by atoms with Crippen molar-refractivity contribution in [3.63, 3.8) is 0 Å². The maximum Gasteiger partial charge on any atom is 0.266 e. The van der Waals surface area contributed by atoms with E-state index in [9.17, 15) is 10.3 Å². The van der Waals surface area contributed by atoms with Gasteiger partial charge in [-0.25, -0.2) is 10.4 Å². The summed E-state index contributed by atoms with van der Waals surface area (Å²) in [6, 6.07) is 31.8. The second kappa shape index (κ2) is 17.5. The number of aliphatic hydroxyl groups excluding tert-OH is 1. The quantitative estimate of drug-likeness (QED) is 0.0365. The molecule has 1 amide bonds. The van der Waals surface area contributed by atoms with Crippen LogP contribution in [0.3, 0.4) is 0 Å². The number of nitrogens with zero attached hydrogens (tertiary/aromatic N) is 4. The Morgan fingerprint density at radius 1 is 1.02 bits per heavy atom. The number of benzene rings is 4. The molecule has 0 radical (unpaired) electrons. The van der Waals surface area contributed by atoms with E-state index in [2.05, 4.69) is 20.9 Å². The zero-order valence-electron chi connectivity index (χ0n) is 27.4. The number of amides is 1. The Morgan fingerprint density at radius 2 is 1.78 bits per heavy atom. The van der Waals surface area contributed by atoms with Gasteiger partial charge in [0.25, 0.3) is 5.91 Å². The van der Waals surface area contributed by atoms with Crippen LogP contribution >= 0.6 is 0 Å². The summed E-state index contributed by atoms with van der Waals surface area (Å²) in [5, 5.41) is 13.0. The van der Waals surface area contributed by atoms with Crippen molar-refractivity contribution in [2.24, 2.45) is 10.1 Å². The number of nitrogens with one attached hydrogen (secondary N) is 2. The average molecular weight is 661 g/mol. The van der Waals surface area contributed by atoms with Crippen LogP contribution in [0.25, 0.3) is 16.5 Å². The fraction of sp³-hybridized carbons (Fsp3) is 0.263. The van der Waals surface area contributed by atoms with Crippen LogP contribution in [0.4, 0.5) is 5.69 Å². The van der Waals surface area contributed by atoms with Gasteiger partial charge in [-0.05, 0) is 60.3 Å². The first kappa shape index (κ1) is 34.7. The fourth-order valence-electron chi connectivity index (χ4n) is 5.53. The lowest BCUT2D eigenvalue weighted by molar-refractivity contribution is -0.129. The van der Waals surface area contributed by atoms with Crippen LogP contribution in [0.2, 0.25) is 0 Å². The van der Waals surface area contributed by atoms with Gasteiger partial charge in [0.05, 0.1) is 13.2 Å². The number of carbonyl (C=O) groups is 1. The number of aliphatic imine (C=N–C) groups is 1. The summed E-state index contributed by atoms with van der Waals surface area (Å²) in [6.45, 7) is 3.35. The maximum absolute atomic E-state index is 14.5. The summed E-state index contributed by atoms with van der Waals surface area (Å²) >= 11 is 0. The minimum Gasteiger partial charge on any atom is -0.494 e. The van der Waals surface area contributed by atoms with Gasteiger partial charge in [0.15, 0.2) is 11.6 Å². The number of ether oxygens (including phenoxy) is 3. The van der Waals surface area contributed by atoms with Crippen LogP contribution in [-0.2, 0) is 16.0 Å². The molecule has 0 unspecified atom stereocenters. The average Bonchev–Trinajstić information content (AvgIpc) is 3.52. The molecule has 4 aromatic rings. The Bertz CT molecular complexity index is 1790. The molecule has 252 valence electrons. The topological polar surface area (TPSA) is 150 Å². The molecule has 0 aromatic heterocycles. The van der Waals surface area contributed by atoms with Crippen LogP contribution in [0.1, 0.15) is 48.1 Å². The number of azide groups is 1. The third kappa shape index (κ3) is 8.85. The molecular formula is C38H40N6O5. The fourth-order valence-corrected chi connectivity index (χ4v) is 5.53. The predicted octanol–water partition coefficient (Wildman–Crippen LogP) is 7.01. The van der Waals surface area contributed by atoms with Crippen molar-refractivity contribution in [1.29, 1.82) is 0 Å². The highest BCUT2D eigenvalue weighted by molar-refractivity contribution is 6.01. The summed E-state index contributed by atoms with van der Waals surface area (Å²) in [6.07, 6.45) is 4.21. The van der Waals surface area contributed by atoms with Gasteiger partial charge in [-0.3, -0.25) is 10.2 Å². The smallest absolute Gasteiger partial charge is 0.266 e. The Hall–Kier alpha value is -5.61. The lowest BCUT2D eigenvalue weighted by Crippen LogP contribution is -2.52. The van der Waals surface area contributed by atoms with Crippen molar-refractivity contribution in [3.05, 3.63) is 142 Å². The monoisotopic (exact) mass is 660 g/mol. The highest BCUT2D eigenvalue weighted by Crippen LogP contribution is 2.45. The third-order valence-corrected chi connectivity index (χ3v) is 7.93. The molecule has 5 rings (SSSR count). The van der Waals surface area contributed by atoms with Crippen molar-refractivity contribution in [1.82, 2.24) is 10.9 Å². The van der Waals surface area contributed by atoms with Gasteiger partial charge < -0.3 is 19.3 Å². The van der Waals surface area contributed by atoms with Crippen LogP contribution in [0, 0.1) is 0 Å². The Kier molecular flexibility index (Phi) is 12.4. The summed E-state index contributed by atoms with van der Waals surface area (Å²) in [5.41, 5.74) is 17.4. The largest absolute Gasteiger partial charge is 0.494 e. The zero-order valence-corrected chi connectivity index (χ0v) is 27.4. The molecule has 11 nitrogen and oxygen atoms in total. The van der Waals surface area contributed by atoms with E-state index in [1.54, 1.807) is 30.3 Å². The molecule has 0 saturated heterocycles. The van der Waals surface area contributed by atoms with E-state index in [1.165, 1.54) is 0 Å². The van der Waals surface area contributed by atoms with Crippen LogP contribution in [-0.4, -0.2) is 48.8 Å². The van der Waals surface area contributed by atoms with Crippen LogP contribution < -0.4 is 20.3 Å². The lowest BCUT2D eigenvalue weighted by atomic mass is 9.83. The molecule has 1 heterocycles. The van der Waals surface area contributed by atoms with E-state index < -0.39 is 17.6 Å². The number of aliphatic hydroxyl groups is 1. The molecule has 0 spiro atoms. The van der Waals surface area contributed by atoms with Crippen molar-refractivity contribution in [2.75, 3.05) is 26.4 Å². The number of hydrogen-bond donors (Lipinski definition) is 3. The molecular weight excluding hydrogens is 620 g/mol. The van der Waals surface area contributed by atoms with Gasteiger partial charge in [0.2, 0.25) is 5.90 Å². The predicted molar refractivity (Wildman–Crippen MR) is 190 cm³/mol. The van der Waals surface area contributed by atoms with Gasteiger partial charge in [0.1, 0.15) is 11.5 Å². The number of para-hydroxylation sites is 1. The standard InChI is InChI=1S/C38H40N6O5/c1-2-47-34-18-9-6-15-29(34)23-25-40-43-37(46)38(24-10-14-28-12-4-3-5-13-28)35(32-16-7-8-17-33(32)42-44-39)49-36(41-38)30-19-21-31(22-20-30)48-27-11-26-45/h3-10,12-22,35,40,45H,2,11,23-27H2,1H3,(H,43,46)/b14-10+/t35-,38-/m0/s1. The first-order chi connectivity index (χ1) is 24.1. The minimum absolute atomic E-state index is 0.0414. The van der Waals surface area contributed by atoms with E-state index >= 15 is 0 Å². The van der Waals surface area contributed by atoms with E-state index in [0.29, 0.717) is 55.2 Å². The summed E-state index contributed by atoms with van der Waals surface area (Å²) < 4.78 is 18.0. The van der Waals surface area contributed by atoms with Gasteiger partial charge in [-0.15, -0.1) is 0 Å². The number of hydrazine groups is 1. The molecule has 0 saturated carbocycles. The number of hydrogen-bond acceptors (Lipinski definition) is 8. The van der Waals surface area contributed by atoms with Crippen LogP contribution in [0.15, 0.2) is 119 Å². The van der Waals surface area contributed by atoms with Gasteiger partial charge in [0, 0.05) is 47.7 Å². The third-order valence-electron chi connectivity index (χ3n) is 7.93. The van der Waals surface area contributed by atoms with Crippen molar-refractivity contribution < 1.29 is 24.1 Å². The highest BCUT2D eigenvalue weighted by Gasteiger charge is 2.53. The molecule has 49 heavy (non-hydrogen) atoms. The highest BCUT2D eigenvalue weighted by atomic mass is 16.5. The van der Waals surface area contributed by atoms with Gasteiger partial charge >= 0.3 is 0 Å². The van der Waals surface area contributed by atoms with Gasteiger partial charge in [-0.1, -0.05) is 90.1 Å². The second-order valence-electron chi connectivity index (χ2n) is 11.2. The maximum atomic E-state index is 14.5. The second-order valence-corrected chi connectivity index (χ2v) is 11.2. The Labute approximate surface area is 285 Å². The van der Waals surface area contributed by atoms with Crippen LogP contribution in [0.5, 0.6) is 11.5 Å². The lowest BCUT2D eigenvalue weighted by Gasteiger charge is -2.30. The zero-order chi connectivity index (χ0) is 34.3. The molecule has 0 aliphatic carbocycles. The number of carbonyl (C=O) groups excluding carboxylic acids is 1. The minimum atomic E-state index is -1.49.